The molecule has 0 radical (unpaired) electrons. The number of nitrogens with zero attached hydrogens (tertiary/aromatic N) is 6. The molecule has 0 fully saturated rings. The number of aromatic nitrogens is 6. The van der Waals surface area contributed by atoms with E-state index in [4.69, 9.17) is 0 Å². The number of amides is 2. The molecule has 0 saturated heterocycles. The van der Waals surface area contributed by atoms with Crippen LogP contribution >= 0.6 is 0 Å². The van der Waals surface area contributed by atoms with Crippen molar-refractivity contribution < 1.29 is 9.59 Å². The number of carbonyl (C=O) groups excluding carboxylic acids is 2. The van der Waals surface area contributed by atoms with Crippen molar-refractivity contribution in [3.05, 3.63) is 48.3 Å². The van der Waals surface area contributed by atoms with Gasteiger partial charge in [-0.2, -0.15) is 5.10 Å². The van der Waals surface area contributed by atoms with Crippen molar-refractivity contribution in [3.8, 4) is 0 Å². The van der Waals surface area contributed by atoms with Crippen LogP contribution in [0, 0.1) is 0 Å². The average Bonchev–Trinajstić information content (AvgIpc) is 3.08. The third-order valence-corrected chi connectivity index (χ3v) is 4.01. The number of aryl methyl sites for hydroxylation is 1. The van der Waals surface area contributed by atoms with Crippen LogP contribution in [-0.2, 0) is 7.05 Å². The summed E-state index contributed by atoms with van der Waals surface area (Å²) >= 11 is 0. The van der Waals surface area contributed by atoms with Crippen LogP contribution < -0.4 is 16.0 Å². The van der Waals surface area contributed by atoms with Crippen molar-refractivity contribution in [1.29, 1.82) is 0 Å². The monoisotopic (exact) mass is 395 g/mol. The molecule has 29 heavy (non-hydrogen) atoms. The highest BCUT2D eigenvalue weighted by Gasteiger charge is 2.22. The maximum atomic E-state index is 13.0. The van der Waals surface area contributed by atoms with Gasteiger partial charge in [0.2, 0.25) is 0 Å². The minimum Gasteiger partial charge on any atom is -0.354 e. The zero-order valence-electron chi connectivity index (χ0n) is 16.5. The van der Waals surface area contributed by atoms with E-state index >= 15 is 0 Å². The van der Waals surface area contributed by atoms with E-state index in [1.54, 1.807) is 19.4 Å². The predicted molar refractivity (Wildman–Crippen MR) is 106 cm³/mol. The van der Waals surface area contributed by atoms with E-state index in [1.165, 1.54) is 30.5 Å². The third-order valence-electron chi connectivity index (χ3n) is 4.01. The van der Waals surface area contributed by atoms with Crippen LogP contribution in [0.4, 0.5) is 17.1 Å². The molecule has 0 aromatic carbocycles. The number of carbonyl (C=O) groups is 2. The summed E-state index contributed by atoms with van der Waals surface area (Å²) in [5, 5.41) is 12.3. The van der Waals surface area contributed by atoms with Gasteiger partial charge in [-0.3, -0.25) is 14.3 Å². The Hall–Kier alpha value is -3.89. The van der Waals surface area contributed by atoms with Gasteiger partial charge in [-0.1, -0.05) is 13.8 Å². The van der Waals surface area contributed by atoms with Crippen LogP contribution in [0.5, 0.6) is 0 Å². The van der Waals surface area contributed by atoms with Gasteiger partial charge >= 0.3 is 0 Å². The number of anilines is 3. The van der Waals surface area contributed by atoms with E-state index in [0.717, 1.165) is 0 Å². The number of hydrogen-bond acceptors (Lipinski definition) is 8. The first-order valence-electron chi connectivity index (χ1n) is 8.85. The first-order valence-corrected chi connectivity index (χ1v) is 8.85. The lowest BCUT2D eigenvalue weighted by molar-refractivity contribution is 0.0954. The quantitative estimate of drug-likeness (QED) is 0.570. The Morgan fingerprint density at radius 1 is 1.03 bits per heavy atom. The maximum absolute atomic E-state index is 13.0. The zero-order valence-corrected chi connectivity index (χ0v) is 16.5. The molecule has 11 heteroatoms. The molecule has 150 valence electrons. The highest BCUT2D eigenvalue weighted by atomic mass is 16.2. The van der Waals surface area contributed by atoms with Crippen molar-refractivity contribution in [2.75, 3.05) is 17.7 Å². The standard InChI is InChI=1S/C18H21N9O2/c1-10(2)16-22-7-12(24-11-5-20-9-21-6-11)14(26-16)17(28)25-13-8-23-27(4)15(13)18(29)19-3/h5-10,24H,1-4H3,(H,19,29)(H,25,28). The molecule has 11 nitrogen and oxygen atoms in total. The smallest absolute Gasteiger partial charge is 0.276 e. The largest absolute Gasteiger partial charge is 0.354 e. The Morgan fingerprint density at radius 3 is 2.41 bits per heavy atom. The fourth-order valence-corrected chi connectivity index (χ4v) is 2.56. The summed E-state index contributed by atoms with van der Waals surface area (Å²) < 4.78 is 1.38. The Labute approximate surface area is 167 Å². The zero-order chi connectivity index (χ0) is 21.0. The second-order valence-electron chi connectivity index (χ2n) is 6.46. The van der Waals surface area contributed by atoms with E-state index in [2.05, 4.69) is 41.0 Å². The molecule has 2 amide bonds. The molecule has 3 aromatic heterocycles. The highest BCUT2D eigenvalue weighted by Crippen LogP contribution is 2.22. The molecule has 0 spiro atoms. The summed E-state index contributed by atoms with van der Waals surface area (Å²) in [7, 11) is 3.12. The third kappa shape index (κ3) is 4.34. The first-order chi connectivity index (χ1) is 13.9. The normalized spacial score (nSPS) is 10.7. The molecule has 3 aromatic rings. The average molecular weight is 395 g/mol. The van der Waals surface area contributed by atoms with Gasteiger partial charge in [0, 0.05) is 20.0 Å². The van der Waals surface area contributed by atoms with E-state index in [9.17, 15) is 9.59 Å². The minimum atomic E-state index is -0.508. The second-order valence-corrected chi connectivity index (χ2v) is 6.46. The van der Waals surface area contributed by atoms with Gasteiger partial charge in [0.15, 0.2) is 5.69 Å². The minimum absolute atomic E-state index is 0.0236. The highest BCUT2D eigenvalue weighted by molar-refractivity contribution is 6.09. The van der Waals surface area contributed by atoms with Gasteiger partial charge in [0.25, 0.3) is 11.8 Å². The van der Waals surface area contributed by atoms with Crippen LogP contribution in [0.15, 0.2) is 31.1 Å². The molecule has 0 unspecified atom stereocenters. The molecule has 0 aliphatic heterocycles. The summed E-state index contributed by atoms with van der Waals surface area (Å²) in [6, 6.07) is 0. The molecule has 3 N–H and O–H groups in total. The van der Waals surface area contributed by atoms with Crippen LogP contribution in [0.3, 0.4) is 0 Å². The summed E-state index contributed by atoms with van der Waals surface area (Å²) in [5.74, 6) is -0.337. The summed E-state index contributed by atoms with van der Waals surface area (Å²) in [4.78, 5) is 41.7. The summed E-state index contributed by atoms with van der Waals surface area (Å²) in [6.07, 6.45) is 7.48. The van der Waals surface area contributed by atoms with Gasteiger partial charge in [-0.15, -0.1) is 0 Å². The fraction of sp³-hybridized carbons (Fsp3) is 0.278. The first kappa shape index (κ1) is 19.9. The molecule has 0 atom stereocenters. The van der Waals surface area contributed by atoms with E-state index < -0.39 is 5.91 Å². The Balaban J connectivity index is 1.96. The Morgan fingerprint density at radius 2 is 1.76 bits per heavy atom. The van der Waals surface area contributed by atoms with E-state index in [1.807, 2.05) is 13.8 Å². The molecule has 0 saturated carbocycles. The number of hydrogen-bond donors (Lipinski definition) is 3. The van der Waals surface area contributed by atoms with Gasteiger partial charge in [-0.25, -0.2) is 19.9 Å². The molecule has 0 aliphatic carbocycles. The molecule has 3 heterocycles. The van der Waals surface area contributed by atoms with Gasteiger partial charge in [-0.05, 0) is 0 Å². The van der Waals surface area contributed by atoms with Crippen LogP contribution in [0.2, 0.25) is 0 Å². The topological polar surface area (TPSA) is 140 Å². The second kappa shape index (κ2) is 8.42. The van der Waals surface area contributed by atoms with Crippen molar-refractivity contribution in [3.63, 3.8) is 0 Å². The van der Waals surface area contributed by atoms with Crippen molar-refractivity contribution in [1.82, 2.24) is 35.0 Å². The van der Waals surface area contributed by atoms with Crippen LogP contribution in [0.25, 0.3) is 0 Å². The lowest BCUT2D eigenvalue weighted by Gasteiger charge is -2.13. The van der Waals surface area contributed by atoms with Gasteiger partial charge in [0.05, 0.1) is 41.8 Å². The lowest BCUT2D eigenvalue weighted by atomic mass is 10.2. The number of rotatable bonds is 6. The van der Waals surface area contributed by atoms with Crippen molar-refractivity contribution in [2.45, 2.75) is 19.8 Å². The van der Waals surface area contributed by atoms with Crippen molar-refractivity contribution in [2.24, 2.45) is 7.05 Å². The van der Waals surface area contributed by atoms with Crippen molar-refractivity contribution >= 4 is 28.9 Å². The fourth-order valence-electron chi connectivity index (χ4n) is 2.56. The Bertz CT molecular complexity index is 1030. The SMILES string of the molecule is CNC(=O)c1c(NC(=O)c2nc(C(C)C)ncc2Nc2cncnc2)cnn1C. The van der Waals surface area contributed by atoms with Gasteiger partial charge in [0.1, 0.15) is 17.8 Å². The molecular formula is C18H21N9O2. The summed E-state index contributed by atoms with van der Waals surface area (Å²) in [6.45, 7) is 3.86. The van der Waals surface area contributed by atoms with E-state index in [-0.39, 0.29) is 28.9 Å². The van der Waals surface area contributed by atoms with Crippen LogP contribution in [0.1, 0.15) is 46.6 Å². The lowest BCUT2D eigenvalue weighted by Crippen LogP contribution is -2.24. The molecule has 3 rings (SSSR count). The van der Waals surface area contributed by atoms with E-state index in [0.29, 0.717) is 17.2 Å². The predicted octanol–water partition coefficient (Wildman–Crippen LogP) is 1.48. The summed E-state index contributed by atoms with van der Waals surface area (Å²) in [5.41, 5.74) is 1.58. The van der Waals surface area contributed by atoms with Gasteiger partial charge < -0.3 is 16.0 Å². The molecular weight excluding hydrogens is 374 g/mol. The number of nitrogens with one attached hydrogen (secondary N) is 3. The molecule has 0 bridgehead atoms. The molecule has 0 aliphatic rings. The Kier molecular flexibility index (Phi) is 5.77. The maximum Gasteiger partial charge on any atom is 0.276 e. The van der Waals surface area contributed by atoms with Crippen LogP contribution in [-0.4, -0.2) is 48.6 Å².